The highest BCUT2D eigenvalue weighted by atomic mass is 35.5. The van der Waals surface area contributed by atoms with E-state index in [1.165, 1.54) is 12.1 Å². The summed E-state index contributed by atoms with van der Waals surface area (Å²) in [6.45, 7) is 0.307. The Hall–Kier alpha value is -1.86. The van der Waals surface area contributed by atoms with E-state index in [4.69, 9.17) is 11.6 Å². The lowest BCUT2D eigenvalue weighted by Crippen LogP contribution is -2.04. The van der Waals surface area contributed by atoms with Crippen LogP contribution >= 0.6 is 22.9 Å². The van der Waals surface area contributed by atoms with Crippen molar-refractivity contribution in [2.45, 2.75) is 6.54 Å². The number of rotatable bonds is 4. The molecule has 18 heavy (non-hydrogen) atoms. The summed E-state index contributed by atoms with van der Waals surface area (Å²) in [7, 11) is 0. The van der Waals surface area contributed by atoms with Crippen molar-refractivity contribution in [3.63, 3.8) is 0 Å². The summed E-state index contributed by atoms with van der Waals surface area (Å²) >= 11 is 6.75. The summed E-state index contributed by atoms with van der Waals surface area (Å²) in [4.78, 5) is 23.7. The Balaban J connectivity index is 2.18. The largest absolute Gasteiger partial charge is 0.374 e. The first kappa shape index (κ1) is 12.6. The molecule has 0 saturated heterocycles. The van der Waals surface area contributed by atoms with E-state index in [-0.39, 0.29) is 10.6 Å². The van der Waals surface area contributed by atoms with Gasteiger partial charge in [-0.3, -0.25) is 14.9 Å². The van der Waals surface area contributed by atoms with Crippen LogP contribution in [0.2, 0.25) is 5.02 Å². The molecule has 0 unspecified atom stereocenters. The zero-order valence-electron chi connectivity index (χ0n) is 8.97. The SMILES string of the molecule is O=c1[nH]c(CNc2ccc(Cl)cc2[N+](=O)[O-])cs1. The summed E-state index contributed by atoms with van der Waals surface area (Å²) in [6, 6.07) is 4.37. The average Bonchev–Trinajstić information content (AvgIpc) is 2.73. The third kappa shape index (κ3) is 2.88. The van der Waals surface area contributed by atoms with E-state index >= 15 is 0 Å². The molecule has 0 fully saturated rings. The van der Waals surface area contributed by atoms with Gasteiger partial charge in [0.15, 0.2) is 0 Å². The molecule has 2 rings (SSSR count). The Morgan fingerprint density at radius 3 is 2.89 bits per heavy atom. The molecule has 0 atom stereocenters. The highest BCUT2D eigenvalue weighted by Crippen LogP contribution is 2.27. The van der Waals surface area contributed by atoms with E-state index in [0.717, 1.165) is 11.3 Å². The normalized spacial score (nSPS) is 10.3. The van der Waals surface area contributed by atoms with E-state index in [0.29, 0.717) is 22.9 Å². The van der Waals surface area contributed by atoms with Gasteiger partial charge in [0.25, 0.3) is 5.69 Å². The Morgan fingerprint density at radius 2 is 2.28 bits per heavy atom. The van der Waals surface area contributed by atoms with Crippen LogP contribution in [0.5, 0.6) is 0 Å². The molecule has 2 aromatic rings. The molecule has 94 valence electrons. The number of nitro benzene ring substituents is 1. The molecule has 2 N–H and O–H groups in total. The second-order valence-corrected chi connectivity index (χ2v) is 4.72. The van der Waals surface area contributed by atoms with Crippen LogP contribution in [0, 0.1) is 10.1 Å². The summed E-state index contributed by atoms with van der Waals surface area (Å²) in [5.41, 5.74) is 0.936. The minimum atomic E-state index is -0.509. The number of aromatic nitrogens is 1. The number of H-pyrrole nitrogens is 1. The maximum atomic E-state index is 10.9. The molecule has 1 aromatic heterocycles. The van der Waals surface area contributed by atoms with Gasteiger partial charge in [0.1, 0.15) is 5.69 Å². The molecular formula is C10H8ClN3O3S. The number of thiazole rings is 1. The molecule has 0 spiro atoms. The fraction of sp³-hybridized carbons (Fsp3) is 0.100. The summed E-state index contributed by atoms with van der Waals surface area (Å²) in [5, 5.41) is 15.7. The zero-order valence-corrected chi connectivity index (χ0v) is 10.5. The zero-order chi connectivity index (χ0) is 13.1. The highest BCUT2D eigenvalue weighted by Gasteiger charge is 2.13. The van der Waals surface area contributed by atoms with E-state index in [9.17, 15) is 14.9 Å². The smallest absolute Gasteiger partial charge is 0.304 e. The van der Waals surface area contributed by atoms with Gasteiger partial charge in [-0.2, -0.15) is 0 Å². The van der Waals surface area contributed by atoms with Crippen molar-refractivity contribution in [3.8, 4) is 0 Å². The number of nitro groups is 1. The molecule has 0 aliphatic carbocycles. The van der Waals surface area contributed by atoms with Crippen molar-refractivity contribution in [2.75, 3.05) is 5.32 Å². The molecule has 0 bridgehead atoms. The van der Waals surface area contributed by atoms with Crippen molar-refractivity contribution in [2.24, 2.45) is 0 Å². The molecule has 1 heterocycles. The second-order valence-electron chi connectivity index (χ2n) is 3.45. The summed E-state index contributed by atoms with van der Waals surface area (Å²) < 4.78 is 0. The number of benzene rings is 1. The number of hydrogen-bond acceptors (Lipinski definition) is 5. The first-order chi connectivity index (χ1) is 8.56. The van der Waals surface area contributed by atoms with Gasteiger partial charge >= 0.3 is 4.87 Å². The van der Waals surface area contributed by atoms with Gasteiger partial charge < -0.3 is 10.3 Å². The summed E-state index contributed by atoms with van der Waals surface area (Å²) in [5.74, 6) is 0. The quantitative estimate of drug-likeness (QED) is 0.667. The fourth-order valence-corrected chi connectivity index (χ4v) is 2.14. The number of halogens is 1. The van der Waals surface area contributed by atoms with Gasteiger partial charge in [-0.25, -0.2) is 0 Å². The molecule has 0 radical (unpaired) electrons. The highest BCUT2D eigenvalue weighted by molar-refractivity contribution is 7.07. The maximum Gasteiger partial charge on any atom is 0.304 e. The van der Waals surface area contributed by atoms with Crippen LogP contribution in [0.15, 0.2) is 28.4 Å². The molecule has 0 amide bonds. The number of nitrogens with one attached hydrogen (secondary N) is 2. The Bertz CT molecular complexity index is 637. The lowest BCUT2D eigenvalue weighted by atomic mass is 10.2. The minimum Gasteiger partial charge on any atom is -0.374 e. The number of hydrogen-bond donors (Lipinski definition) is 2. The van der Waals surface area contributed by atoms with Crippen LogP contribution in [0.1, 0.15) is 5.69 Å². The van der Waals surface area contributed by atoms with Crippen LogP contribution in [0.3, 0.4) is 0 Å². The average molecular weight is 286 g/mol. The summed E-state index contributed by atoms with van der Waals surface area (Å²) in [6.07, 6.45) is 0. The topological polar surface area (TPSA) is 88.0 Å². The molecule has 0 saturated carbocycles. The molecule has 6 nitrogen and oxygen atoms in total. The number of anilines is 1. The van der Waals surface area contributed by atoms with E-state index in [1.807, 2.05) is 0 Å². The maximum absolute atomic E-state index is 10.9. The predicted octanol–water partition coefficient (Wildman–Crippen LogP) is 2.61. The van der Waals surface area contributed by atoms with Crippen LogP contribution < -0.4 is 10.2 Å². The van der Waals surface area contributed by atoms with Crippen molar-refractivity contribution < 1.29 is 4.92 Å². The van der Waals surface area contributed by atoms with E-state index in [1.54, 1.807) is 11.4 Å². The third-order valence-corrected chi connectivity index (χ3v) is 3.15. The first-order valence-electron chi connectivity index (χ1n) is 4.91. The van der Waals surface area contributed by atoms with Crippen LogP contribution in [0.25, 0.3) is 0 Å². The predicted molar refractivity (Wildman–Crippen MR) is 70.4 cm³/mol. The van der Waals surface area contributed by atoms with Crippen molar-refractivity contribution in [1.29, 1.82) is 0 Å². The van der Waals surface area contributed by atoms with E-state index in [2.05, 4.69) is 10.3 Å². The molecule has 1 aromatic carbocycles. The van der Waals surface area contributed by atoms with Crippen LogP contribution in [-0.4, -0.2) is 9.91 Å². The van der Waals surface area contributed by atoms with Gasteiger partial charge in [-0.1, -0.05) is 22.9 Å². The van der Waals surface area contributed by atoms with Crippen molar-refractivity contribution >= 4 is 34.3 Å². The lowest BCUT2D eigenvalue weighted by Gasteiger charge is -2.05. The number of aromatic amines is 1. The van der Waals surface area contributed by atoms with Gasteiger partial charge in [-0.05, 0) is 12.1 Å². The minimum absolute atomic E-state index is 0.0972. The van der Waals surface area contributed by atoms with Crippen LogP contribution in [0.4, 0.5) is 11.4 Å². The van der Waals surface area contributed by atoms with Gasteiger partial charge in [0.05, 0.1) is 11.5 Å². The molecular weight excluding hydrogens is 278 g/mol. The standard InChI is InChI=1S/C10H8ClN3O3S/c11-6-1-2-8(9(3-6)14(16)17)12-4-7-5-18-10(15)13-7/h1-3,5,12H,4H2,(H,13,15). The Labute approximate surface area is 110 Å². The molecule has 8 heteroatoms. The first-order valence-corrected chi connectivity index (χ1v) is 6.16. The van der Waals surface area contributed by atoms with E-state index < -0.39 is 4.92 Å². The van der Waals surface area contributed by atoms with Crippen molar-refractivity contribution in [3.05, 3.63) is 54.1 Å². The van der Waals surface area contributed by atoms with Crippen LogP contribution in [-0.2, 0) is 6.54 Å². The fourth-order valence-electron chi connectivity index (χ4n) is 1.40. The Kier molecular flexibility index (Phi) is 3.63. The van der Waals surface area contributed by atoms with Crippen molar-refractivity contribution in [1.82, 2.24) is 4.98 Å². The Morgan fingerprint density at radius 1 is 1.50 bits per heavy atom. The second kappa shape index (κ2) is 5.19. The molecule has 0 aliphatic heterocycles. The number of nitrogens with zero attached hydrogens (tertiary/aromatic N) is 1. The monoisotopic (exact) mass is 285 g/mol. The van der Waals surface area contributed by atoms with Gasteiger partial charge in [0.2, 0.25) is 0 Å². The third-order valence-electron chi connectivity index (χ3n) is 2.20. The lowest BCUT2D eigenvalue weighted by molar-refractivity contribution is -0.383. The molecule has 0 aliphatic rings. The van der Waals surface area contributed by atoms with Gasteiger partial charge in [-0.15, -0.1) is 0 Å². The van der Waals surface area contributed by atoms with Gasteiger partial charge in [0, 0.05) is 22.2 Å².